The standard InChI is InChI=1S/C21H16O3/c1-23-17-12-13-18-19(14-17)21(24-20(18)22,15-8-4-2-5-9-15)16-10-6-3-7-11-16/h2-14H,1H3. The van der Waals surface area contributed by atoms with Crippen molar-refractivity contribution in [3.8, 4) is 5.75 Å². The van der Waals surface area contributed by atoms with Gasteiger partial charge >= 0.3 is 5.97 Å². The van der Waals surface area contributed by atoms with Crippen LogP contribution >= 0.6 is 0 Å². The van der Waals surface area contributed by atoms with E-state index in [1.165, 1.54) is 0 Å². The summed E-state index contributed by atoms with van der Waals surface area (Å²) in [5.41, 5.74) is 2.25. The maximum Gasteiger partial charge on any atom is 0.340 e. The number of methoxy groups -OCH3 is 1. The van der Waals surface area contributed by atoms with Crippen molar-refractivity contribution in [1.29, 1.82) is 0 Å². The SMILES string of the molecule is COc1ccc2c(c1)C(c1ccccc1)(c1ccccc1)OC2=O. The molecular weight excluding hydrogens is 300 g/mol. The number of esters is 1. The van der Waals surface area contributed by atoms with Crippen molar-refractivity contribution in [2.24, 2.45) is 0 Å². The van der Waals surface area contributed by atoms with Crippen LogP contribution in [0.2, 0.25) is 0 Å². The van der Waals surface area contributed by atoms with Crippen LogP contribution in [0, 0.1) is 0 Å². The van der Waals surface area contributed by atoms with E-state index in [0.717, 1.165) is 16.7 Å². The highest BCUT2D eigenvalue weighted by Gasteiger charge is 2.48. The first kappa shape index (κ1) is 14.5. The van der Waals surface area contributed by atoms with Gasteiger partial charge in [-0.3, -0.25) is 0 Å². The highest BCUT2D eigenvalue weighted by molar-refractivity contribution is 5.96. The topological polar surface area (TPSA) is 35.5 Å². The first-order valence-electron chi connectivity index (χ1n) is 7.78. The van der Waals surface area contributed by atoms with E-state index < -0.39 is 5.60 Å². The van der Waals surface area contributed by atoms with Crippen molar-refractivity contribution in [3.05, 3.63) is 101 Å². The largest absolute Gasteiger partial charge is 0.497 e. The van der Waals surface area contributed by atoms with E-state index in [0.29, 0.717) is 11.3 Å². The molecule has 0 spiro atoms. The highest BCUT2D eigenvalue weighted by Crippen LogP contribution is 2.47. The van der Waals surface area contributed by atoms with Gasteiger partial charge in [-0.15, -0.1) is 0 Å². The summed E-state index contributed by atoms with van der Waals surface area (Å²) >= 11 is 0. The molecule has 0 N–H and O–H groups in total. The first-order valence-corrected chi connectivity index (χ1v) is 7.78. The summed E-state index contributed by atoms with van der Waals surface area (Å²) in [6.07, 6.45) is 0. The van der Waals surface area contributed by atoms with Gasteiger partial charge in [-0.05, 0) is 18.2 Å². The Kier molecular flexibility index (Phi) is 3.35. The van der Waals surface area contributed by atoms with Gasteiger partial charge in [-0.1, -0.05) is 60.7 Å². The lowest BCUT2D eigenvalue weighted by molar-refractivity contribution is 0.0251. The average Bonchev–Trinajstić information content (AvgIpc) is 2.96. The second-order valence-corrected chi connectivity index (χ2v) is 5.71. The number of carbonyl (C=O) groups is 1. The number of rotatable bonds is 3. The smallest absolute Gasteiger partial charge is 0.340 e. The fourth-order valence-electron chi connectivity index (χ4n) is 3.31. The van der Waals surface area contributed by atoms with Gasteiger partial charge in [0.25, 0.3) is 0 Å². The van der Waals surface area contributed by atoms with Crippen LogP contribution < -0.4 is 4.74 Å². The first-order chi connectivity index (χ1) is 11.8. The van der Waals surface area contributed by atoms with Crippen LogP contribution in [0.15, 0.2) is 78.9 Å². The summed E-state index contributed by atoms with van der Waals surface area (Å²) in [5.74, 6) is 0.378. The van der Waals surface area contributed by atoms with Crippen molar-refractivity contribution in [2.45, 2.75) is 5.60 Å². The van der Waals surface area contributed by atoms with Gasteiger partial charge in [0.1, 0.15) is 5.75 Å². The molecule has 0 aromatic heterocycles. The monoisotopic (exact) mass is 316 g/mol. The number of ether oxygens (including phenoxy) is 2. The zero-order valence-electron chi connectivity index (χ0n) is 13.2. The lowest BCUT2D eigenvalue weighted by atomic mass is 9.80. The van der Waals surface area contributed by atoms with Crippen molar-refractivity contribution in [3.63, 3.8) is 0 Å². The van der Waals surface area contributed by atoms with E-state index >= 15 is 0 Å². The van der Waals surface area contributed by atoms with Gasteiger partial charge in [0.15, 0.2) is 5.60 Å². The van der Waals surface area contributed by atoms with E-state index in [4.69, 9.17) is 9.47 Å². The molecule has 3 nitrogen and oxygen atoms in total. The van der Waals surface area contributed by atoms with Crippen LogP contribution in [0.1, 0.15) is 27.0 Å². The minimum atomic E-state index is -0.955. The molecule has 118 valence electrons. The Morgan fingerprint density at radius 2 is 1.42 bits per heavy atom. The molecule has 3 aromatic rings. The summed E-state index contributed by atoms with van der Waals surface area (Å²) in [6, 6.07) is 25.1. The molecule has 0 saturated carbocycles. The molecule has 0 atom stereocenters. The fourth-order valence-corrected chi connectivity index (χ4v) is 3.31. The van der Waals surface area contributed by atoms with Gasteiger partial charge in [0, 0.05) is 16.7 Å². The molecule has 0 aliphatic carbocycles. The van der Waals surface area contributed by atoms with Crippen LogP contribution in [-0.2, 0) is 10.3 Å². The number of hydrogen-bond acceptors (Lipinski definition) is 3. The lowest BCUT2D eigenvalue weighted by Gasteiger charge is -2.30. The zero-order valence-corrected chi connectivity index (χ0v) is 13.2. The zero-order chi connectivity index (χ0) is 16.6. The van der Waals surface area contributed by atoms with Gasteiger partial charge in [-0.2, -0.15) is 0 Å². The van der Waals surface area contributed by atoms with Crippen molar-refractivity contribution in [2.75, 3.05) is 7.11 Å². The Balaban J connectivity index is 2.06. The minimum absolute atomic E-state index is 0.319. The Bertz CT molecular complexity index is 846. The molecule has 0 radical (unpaired) electrons. The maximum absolute atomic E-state index is 12.6. The average molecular weight is 316 g/mol. The third-order valence-corrected chi connectivity index (χ3v) is 4.43. The molecule has 0 bridgehead atoms. The van der Waals surface area contributed by atoms with Crippen LogP contribution in [0.3, 0.4) is 0 Å². The number of fused-ring (bicyclic) bond motifs is 1. The summed E-state index contributed by atoms with van der Waals surface area (Å²) in [6.45, 7) is 0. The molecule has 3 aromatic carbocycles. The highest BCUT2D eigenvalue weighted by atomic mass is 16.6. The van der Waals surface area contributed by atoms with E-state index in [1.54, 1.807) is 19.2 Å². The van der Waals surface area contributed by atoms with Crippen LogP contribution in [0.4, 0.5) is 0 Å². The molecule has 0 unspecified atom stereocenters. The maximum atomic E-state index is 12.6. The van der Waals surface area contributed by atoms with Gasteiger partial charge < -0.3 is 9.47 Å². The molecule has 24 heavy (non-hydrogen) atoms. The molecule has 0 fully saturated rings. The predicted molar refractivity (Wildman–Crippen MR) is 91.2 cm³/mol. The Morgan fingerprint density at radius 1 is 0.833 bits per heavy atom. The van der Waals surface area contributed by atoms with Crippen molar-refractivity contribution in [1.82, 2.24) is 0 Å². The van der Waals surface area contributed by atoms with Crippen LogP contribution in [0.5, 0.6) is 5.75 Å². The molecular formula is C21H16O3. The fraction of sp³-hybridized carbons (Fsp3) is 0.0952. The van der Waals surface area contributed by atoms with E-state index in [1.807, 2.05) is 66.7 Å². The quantitative estimate of drug-likeness (QED) is 0.681. The summed E-state index contributed by atoms with van der Waals surface area (Å²) in [4.78, 5) is 12.6. The second kappa shape index (κ2) is 5.53. The second-order valence-electron chi connectivity index (χ2n) is 5.71. The number of cyclic esters (lactones) is 1. The van der Waals surface area contributed by atoms with Gasteiger partial charge in [0.2, 0.25) is 0 Å². The predicted octanol–water partition coefficient (Wildman–Crippen LogP) is 4.16. The molecule has 1 aliphatic rings. The molecule has 3 heteroatoms. The number of benzene rings is 3. The van der Waals surface area contributed by atoms with Crippen LogP contribution in [0.25, 0.3) is 0 Å². The van der Waals surface area contributed by atoms with E-state index in [9.17, 15) is 4.79 Å². The normalized spacial score (nSPS) is 14.8. The summed E-state index contributed by atoms with van der Waals surface area (Å²) in [5, 5.41) is 0. The minimum Gasteiger partial charge on any atom is -0.497 e. The summed E-state index contributed by atoms with van der Waals surface area (Å²) in [7, 11) is 1.62. The molecule has 0 amide bonds. The third kappa shape index (κ3) is 2.02. The summed E-state index contributed by atoms with van der Waals surface area (Å²) < 4.78 is 11.4. The van der Waals surface area contributed by atoms with Crippen molar-refractivity contribution >= 4 is 5.97 Å². The van der Waals surface area contributed by atoms with E-state index in [-0.39, 0.29) is 5.97 Å². The van der Waals surface area contributed by atoms with Crippen molar-refractivity contribution < 1.29 is 14.3 Å². The van der Waals surface area contributed by atoms with Crippen LogP contribution in [-0.4, -0.2) is 13.1 Å². The molecule has 0 saturated heterocycles. The molecule has 1 aliphatic heterocycles. The Morgan fingerprint density at radius 3 is 1.96 bits per heavy atom. The number of carbonyl (C=O) groups excluding carboxylic acids is 1. The van der Waals surface area contributed by atoms with Gasteiger partial charge in [0.05, 0.1) is 12.7 Å². The number of hydrogen-bond donors (Lipinski definition) is 0. The lowest BCUT2D eigenvalue weighted by Crippen LogP contribution is -2.29. The third-order valence-electron chi connectivity index (χ3n) is 4.43. The molecule has 1 heterocycles. The van der Waals surface area contributed by atoms with E-state index in [2.05, 4.69) is 0 Å². The Labute approximate surface area is 140 Å². The Hall–Kier alpha value is -3.07. The molecule has 4 rings (SSSR count). The van der Waals surface area contributed by atoms with Gasteiger partial charge in [-0.25, -0.2) is 4.79 Å².